The monoisotopic (exact) mass is 240 g/mol. The molecule has 1 aliphatic rings. The highest BCUT2D eigenvalue weighted by Crippen LogP contribution is 2.27. The third-order valence-corrected chi connectivity index (χ3v) is 3.29. The van der Waals surface area contributed by atoms with Crippen LogP contribution in [0.25, 0.3) is 0 Å². The van der Waals surface area contributed by atoms with Gasteiger partial charge in [0.1, 0.15) is 11.6 Å². The lowest BCUT2D eigenvalue weighted by molar-refractivity contribution is 0.462. The van der Waals surface area contributed by atoms with E-state index < -0.39 is 0 Å². The molecule has 2 N–H and O–H groups in total. The molecule has 1 aliphatic carbocycles. The molecule has 0 fully saturated rings. The fourth-order valence-corrected chi connectivity index (χ4v) is 2.38. The fourth-order valence-electron chi connectivity index (χ4n) is 2.38. The van der Waals surface area contributed by atoms with Crippen molar-refractivity contribution in [1.82, 2.24) is 4.98 Å². The number of benzene rings is 1. The van der Waals surface area contributed by atoms with Crippen molar-refractivity contribution in [3.8, 4) is 11.6 Å². The zero-order valence-corrected chi connectivity index (χ0v) is 10.2. The van der Waals surface area contributed by atoms with Gasteiger partial charge in [0.05, 0.1) is 0 Å². The summed E-state index contributed by atoms with van der Waals surface area (Å²) < 4.78 is 5.73. The van der Waals surface area contributed by atoms with E-state index in [1.807, 2.05) is 18.2 Å². The van der Waals surface area contributed by atoms with Gasteiger partial charge in [0.25, 0.3) is 0 Å². The topological polar surface area (TPSA) is 48.1 Å². The summed E-state index contributed by atoms with van der Waals surface area (Å²) in [5.74, 6) is 1.87. The summed E-state index contributed by atoms with van der Waals surface area (Å²) in [7, 11) is 0. The van der Waals surface area contributed by atoms with Crippen molar-refractivity contribution in [3.63, 3.8) is 0 Å². The van der Waals surface area contributed by atoms with E-state index in [0.717, 1.165) is 12.2 Å². The van der Waals surface area contributed by atoms with Crippen molar-refractivity contribution in [2.24, 2.45) is 0 Å². The number of hydrogen-bond acceptors (Lipinski definition) is 3. The number of rotatable bonds is 2. The van der Waals surface area contributed by atoms with Crippen molar-refractivity contribution in [2.75, 3.05) is 5.73 Å². The van der Waals surface area contributed by atoms with E-state index in [-0.39, 0.29) is 0 Å². The van der Waals surface area contributed by atoms with Gasteiger partial charge in [0, 0.05) is 6.07 Å². The number of pyridine rings is 1. The van der Waals surface area contributed by atoms with Crippen LogP contribution < -0.4 is 10.5 Å². The van der Waals surface area contributed by atoms with E-state index in [4.69, 9.17) is 10.5 Å². The summed E-state index contributed by atoms with van der Waals surface area (Å²) >= 11 is 0. The van der Waals surface area contributed by atoms with E-state index in [1.54, 1.807) is 6.07 Å². The summed E-state index contributed by atoms with van der Waals surface area (Å²) in [6.45, 7) is 0. The van der Waals surface area contributed by atoms with Crippen molar-refractivity contribution in [1.29, 1.82) is 0 Å². The molecule has 18 heavy (non-hydrogen) atoms. The Hall–Kier alpha value is -2.03. The Morgan fingerprint density at radius 3 is 2.67 bits per heavy atom. The van der Waals surface area contributed by atoms with Gasteiger partial charge in [-0.1, -0.05) is 12.1 Å². The van der Waals surface area contributed by atoms with Crippen LogP contribution in [0.3, 0.4) is 0 Å². The van der Waals surface area contributed by atoms with Crippen molar-refractivity contribution in [2.45, 2.75) is 25.7 Å². The van der Waals surface area contributed by atoms with E-state index in [1.165, 1.54) is 30.4 Å². The molecule has 0 aliphatic heterocycles. The lowest BCUT2D eigenvalue weighted by Gasteiger charge is -2.16. The molecule has 3 heteroatoms. The summed E-state index contributed by atoms with van der Waals surface area (Å²) in [5, 5.41) is 0. The number of hydrogen-bond donors (Lipinski definition) is 1. The van der Waals surface area contributed by atoms with Gasteiger partial charge in [0.15, 0.2) is 0 Å². The molecule has 0 saturated heterocycles. The van der Waals surface area contributed by atoms with Crippen LogP contribution >= 0.6 is 0 Å². The zero-order chi connectivity index (χ0) is 12.4. The third kappa shape index (κ3) is 2.30. The van der Waals surface area contributed by atoms with E-state index >= 15 is 0 Å². The van der Waals surface area contributed by atoms with E-state index in [9.17, 15) is 0 Å². The summed E-state index contributed by atoms with van der Waals surface area (Å²) in [5.41, 5.74) is 8.49. The predicted octanol–water partition coefficient (Wildman–Crippen LogP) is 3.33. The number of nitrogen functional groups attached to an aromatic ring is 1. The molecule has 0 radical (unpaired) electrons. The van der Waals surface area contributed by atoms with Crippen LogP contribution in [0.2, 0.25) is 0 Å². The lowest BCUT2D eigenvalue weighted by atomic mass is 9.92. The third-order valence-electron chi connectivity index (χ3n) is 3.29. The molecular formula is C15H16N2O. The van der Waals surface area contributed by atoms with Crippen molar-refractivity contribution in [3.05, 3.63) is 47.5 Å². The van der Waals surface area contributed by atoms with Gasteiger partial charge in [-0.25, -0.2) is 0 Å². The SMILES string of the molecule is Nc1cccc(Oc2ccc3c(c2)CCCC3)n1. The molecule has 3 rings (SSSR count). The number of aromatic nitrogens is 1. The molecule has 0 bridgehead atoms. The van der Waals surface area contributed by atoms with Crippen molar-refractivity contribution < 1.29 is 4.74 Å². The Labute approximate surface area is 107 Å². The predicted molar refractivity (Wildman–Crippen MR) is 71.8 cm³/mol. The fraction of sp³-hybridized carbons (Fsp3) is 0.267. The average molecular weight is 240 g/mol. The van der Waals surface area contributed by atoms with Gasteiger partial charge in [0.2, 0.25) is 5.88 Å². The van der Waals surface area contributed by atoms with Gasteiger partial charge in [-0.2, -0.15) is 4.98 Å². The Bertz CT molecular complexity index is 566. The minimum absolute atomic E-state index is 0.477. The van der Waals surface area contributed by atoms with Gasteiger partial charge < -0.3 is 10.5 Å². The minimum atomic E-state index is 0.477. The standard InChI is InChI=1S/C15H16N2O/c16-14-6-3-7-15(17-14)18-13-9-8-11-4-1-2-5-12(11)10-13/h3,6-10H,1-2,4-5H2,(H2,16,17). The second kappa shape index (κ2) is 4.69. The number of nitrogens with two attached hydrogens (primary N) is 1. The largest absolute Gasteiger partial charge is 0.439 e. The number of aryl methyl sites for hydroxylation is 2. The first-order chi connectivity index (χ1) is 8.81. The molecular weight excluding hydrogens is 224 g/mol. The first-order valence-corrected chi connectivity index (χ1v) is 6.33. The normalized spacial score (nSPS) is 14.0. The molecule has 92 valence electrons. The van der Waals surface area contributed by atoms with Gasteiger partial charge in [-0.3, -0.25) is 0 Å². The highest BCUT2D eigenvalue weighted by Gasteiger charge is 2.10. The van der Waals surface area contributed by atoms with Gasteiger partial charge >= 0.3 is 0 Å². The Morgan fingerprint density at radius 2 is 1.83 bits per heavy atom. The second-order valence-corrected chi connectivity index (χ2v) is 4.64. The molecule has 0 amide bonds. The highest BCUT2D eigenvalue weighted by molar-refractivity contribution is 5.39. The lowest BCUT2D eigenvalue weighted by Crippen LogP contribution is -2.02. The number of anilines is 1. The summed E-state index contributed by atoms with van der Waals surface area (Å²) in [6.07, 6.45) is 4.90. The molecule has 0 spiro atoms. The van der Waals surface area contributed by atoms with E-state index in [2.05, 4.69) is 17.1 Å². The molecule has 1 aromatic heterocycles. The maximum atomic E-state index is 5.73. The first-order valence-electron chi connectivity index (χ1n) is 6.33. The summed E-state index contributed by atoms with van der Waals surface area (Å²) in [4.78, 5) is 4.14. The van der Waals surface area contributed by atoms with Gasteiger partial charge in [-0.05, 0) is 55.0 Å². The number of nitrogens with zero attached hydrogens (tertiary/aromatic N) is 1. The average Bonchev–Trinajstić information content (AvgIpc) is 2.39. The first kappa shape index (κ1) is 11.1. The molecule has 3 nitrogen and oxygen atoms in total. The van der Waals surface area contributed by atoms with Crippen molar-refractivity contribution >= 4 is 5.82 Å². The Morgan fingerprint density at radius 1 is 1.00 bits per heavy atom. The Kier molecular flexibility index (Phi) is 2.89. The quantitative estimate of drug-likeness (QED) is 0.875. The van der Waals surface area contributed by atoms with Crippen LogP contribution in [0.4, 0.5) is 5.82 Å². The maximum absolute atomic E-state index is 5.73. The zero-order valence-electron chi connectivity index (χ0n) is 10.2. The van der Waals surface area contributed by atoms with Gasteiger partial charge in [-0.15, -0.1) is 0 Å². The van der Waals surface area contributed by atoms with E-state index in [0.29, 0.717) is 11.7 Å². The van der Waals surface area contributed by atoms with Crippen LogP contribution in [0.15, 0.2) is 36.4 Å². The minimum Gasteiger partial charge on any atom is -0.439 e. The van der Waals surface area contributed by atoms with Crippen LogP contribution in [0, 0.1) is 0 Å². The molecule has 1 aromatic carbocycles. The molecule has 0 unspecified atom stereocenters. The Balaban J connectivity index is 1.85. The van der Waals surface area contributed by atoms with Crippen LogP contribution in [-0.4, -0.2) is 4.98 Å². The van der Waals surface area contributed by atoms with Crippen LogP contribution in [0.5, 0.6) is 11.6 Å². The summed E-state index contributed by atoms with van der Waals surface area (Å²) in [6, 6.07) is 11.7. The smallest absolute Gasteiger partial charge is 0.221 e. The molecule has 1 heterocycles. The maximum Gasteiger partial charge on any atom is 0.221 e. The molecule has 0 saturated carbocycles. The molecule has 2 aromatic rings. The highest BCUT2D eigenvalue weighted by atomic mass is 16.5. The van der Waals surface area contributed by atoms with Crippen LogP contribution in [-0.2, 0) is 12.8 Å². The second-order valence-electron chi connectivity index (χ2n) is 4.64. The van der Waals surface area contributed by atoms with Crippen LogP contribution in [0.1, 0.15) is 24.0 Å². The number of fused-ring (bicyclic) bond motifs is 1. The number of ether oxygens (including phenoxy) is 1. The molecule has 0 atom stereocenters.